The van der Waals surface area contributed by atoms with E-state index in [9.17, 15) is 9.59 Å². The lowest BCUT2D eigenvalue weighted by molar-refractivity contribution is -0.123. The summed E-state index contributed by atoms with van der Waals surface area (Å²) in [6, 6.07) is 6.37. The molecule has 0 radical (unpaired) electrons. The molecule has 2 amide bonds. The number of aromatic nitrogens is 2. The molecule has 26 heavy (non-hydrogen) atoms. The van der Waals surface area contributed by atoms with Crippen molar-refractivity contribution in [2.45, 2.75) is 50.1 Å². The summed E-state index contributed by atoms with van der Waals surface area (Å²) in [6.07, 6.45) is 6.07. The van der Waals surface area contributed by atoms with Gasteiger partial charge in [-0.2, -0.15) is 0 Å². The molecule has 3 rings (SSSR count). The van der Waals surface area contributed by atoms with Gasteiger partial charge in [0.1, 0.15) is 0 Å². The van der Waals surface area contributed by atoms with Crippen LogP contribution >= 0.6 is 11.8 Å². The Labute approximate surface area is 157 Å². The number of thioether (sulfide) groups is 1. The van der Waals surface area contributed by atoms with Gasteiger partial charge in [0.15, 0.2) is 5.16 Å². The molecule has 1 saturated carbocycles. The largest absolute Gasteiger partial charge is 0.346 e. The monoisotopic (exact) mass is 372 g/mol. The third-order valence-corrected chi connectivity index (χ3v) is 5.49. The molecular formula is C19H24N4O2S. The molecule has 1 fully saturated rings. The number of nitrogens with one attached hydrogen (secondary N) is 2. The van der Waals surface area contributed by atoms with Crippen LogP contribution in [0, 0.1) is 13.8 Å². The Morgan fingerprint density at radius 2 is 2.00 bits per heavy atom. The van der Waals surface area contributed by atoms with Crippen LogP contribution in [0.25, 0.3) is 0 Å². The Morgan fingerprint density at radius 3 is 2.65 bits per heavy atom. The van der Waals surface area contributed by atoms with Gasteiger partial charge >= 0.3 is 0 Å². The molecule has 0 bridgehead atoms. The maximum atomic E-state index is 12.3. The molecule has 1 aromatic heterocycles. The number of carbonyl (C=O) groups excluding carboxylic acids is 2. The number of benzene rings is 1. The van der Waals surface area contributed by atoms with Crippen LogP contribution in [0.5, 0.6) is 0 Å². The zero-order valence-electron chi connectivity index (χ0n) is 15.3. The maximum absolute atomic E-state index is 12.3. The topological polar surface area (TPSA) is 76.0 Å². The predicted molar refractivity (Wildman–Crippen MR) is 103 cm³/mol. The van der Waals surface area contributed by atoms with E-state index in [4.69, 9.17) is 0 Å². The molecule has 1 heterocycles. The number of carbonyl (C=O) groups is 2. The van der Waals surface area contributed by atoms with Crippen molar-refractivity contribution in [2.24, 2.45) is 0 Å². The van der Waals surface area contributed by atoms with Crippen molar-refractivity contribution in [3.63, 3.8) is 0 Å². The van der Waals surface area contributed by atoms with Crippen LogP contribution in [0.15, 0.2) is 35.7 Å². The lowest BCUT2D eigenvalue weighted by Crippen LogP contribution is -2.37. The molecule has 1 aliphatic carbocycles. The molecule has 0 spiro atoms. The highest BCUT2D eigenvalue weighted by Gasteiger charge is 2.27. The Morgan fingerprint density at radius 1 is 1.31 bits per heavy atom. The summed E-state index contributed by atoms with van der Waals surface area (Å²) < 4.78 is 2.13. The van der Waals surface area contributed by atoms with Gasteiger partial charge in [-0.1, -0.05) is 30.0 Å². The highest BCUT2D eigenvalue weighted by atomic mass is 32.2. The summed E-state index contributed by atoms with van der Waals surface area (Å²) in [4.78, 5) is 28.8. The highest BCUT2D eigenvalue weighted by molar-refractivity contribution is 8.00. The fourth-order valence-electron chi connectivity index (χ4n) is 2.74. The van der Waals surface area contributed by atoms with Crippen molar-refractivity contribution in [1.82, 2.24) is 14.9 Å². The number of hydrogen-bond donors (Lipinski definition) is 2. The van der Waals surface area contributed by atoms with Crippen LogP contribution in [-0.4, -0.2) is 33.2 Å². The third kappa shape index (κ3) is 4.46. The first kappa shape index (κ1) is 18.5. The quantitative estimate of drug-likeness (QED) is 0.733. The number of anilines is 1. The fourth-order valence-corrected chi connectivity index (χ4v) is 3.70. The summed E-state index contributed by atoms with van der Waals surface area (Å²) in [5, 5.41) is 6.12. The Balaban J connectivity index is 1.50. The number of rotatable bonds is 7. The van der Waals surface area contributed by atoms with E-state index in [0.717, 1.165) is 22.0 Å². The second kappa shape index (κ2) is 7.95. The Hall–Kier alpha value is -2.28. The first-order valence-electron chi connectivity index (χ1n) is 8.79. The van der Waals surface area contributed by atoms with Gasteiger partial charge in [0.25, 0.3) is 0 Å². The molecule has 2 aromatic rings. The number of hydrogen-bond acceptors (Lipinski definition) is 4. The molecule has 0 saturated heterocycles. The molecule has 1 unspecified atom stereocenters. The van der Waals surface area contributed by atoms with Gasteiger partial charge in [-0.3, -0.25) is 9.59 Å². The van der Waals surface area contributed by atoms with Crippen molar-refractivity contribution < 1.29 is 9.59 Å². The summed E-state index contributed by atoms with van der Waals surface area (Å²) in [5.41, 5.74) is 2.81. The zero-order valence-corrected chi connectivity index (χ0v) is 16.1. The molecular weight excluding hydrogens is 348 g/mol. The molecule has 1 atom stereocenters. The van der Waals surface area contributed by atoms with Crippen molar-refractivity contribution in [3.05, 3.63) is 41.7 Å². The minimum Gasteiger partial charge on any atom is -0.346 e. The van der Waals surface area contributed by atoms with Gasteiger partial charge in [0.05, 0.1) is 11.8 Å². The van der Waals surface area contributed by atoms with Crippen LogP contribution in [-0.2, 0) is 9.59 Å². The van der Waals surface area contributed by atoms with E-state index in [1.54, 1.807) is 6.20 Å². The van der Waals surface area contributed by atoms with Gasteiger partial charge in [0.2, 0.25) is 11.8 Å². The van der Waals surface area contributed by atoms with E-state index in [2.05, 4.69) is 20.2 Å². The van der Waals surface area contributed by atoms with E-state index in [1.807, 2.05) is 45.2 Å². The van der Waals surface area contributed by atoms with Gasteiger partial charge in [-0.15, -0.1) is 0 Å². The summed E-state index contributed by atoms with van der Waals surface area (Å²) in [6.45, 7) is 5.67. The molecule has 6 nitrogen and oxygen atoms in total. The minimum absolute atomic E-state index is 0.0471. The lowest BCUT2D eigenvalue weighted by atomic mass is 10.1. The van der Waals surface area contributed by atoms with E-state index >= 15 is 0 Å². The van der Waals surface area contributed by atoms with E-state index in [-0.39, 0.29) is 23.6 Å². The predicted octanol–water partition coefficient (Wildman–Crippen LogP) is 3.07. The van der Waals surface area contributed by atoms with E-state index in [0.29, 0.717) is 6.04 Å². The van der Waals surface area contributed by atoms with Crippen LogP contribution in [0.4, 0.5) is 5.69 Å². The Bertz CT molecular complexity index is 793. The van der Waals surface area contributed by atoms with Gasteiger partial charge < -0.3 is 15.2 Å². The summed E-state index contributed by atoms with van der Waals surface area (Å²) >= 11 is 1.42. The number of nitrogens with zero attached hydrogens (tertiary/aromatic N) is 2. The van der Waals surface area contributed by atoms with Crippen LogP contribution in [0.1, 0.15) is 36.9 Å². The number of amides is 2. The SMILES string of the molecule is Cc1cccc(C)c1NC(=O)CNC(=O)C(C)Sc1nccn1C1CC1. The molecule has 0 aliphatic heterocycles. The van der Waals surface area contributed by atoms with Crippen molar-refractivity contribution in [3.8, 4) is 0 Å². The summed E-state index contributed by atoms with van der Waals surface area (Å²) in [5.74, 6) is -0.399. The fraction of sp³-hybridized carbons (Fsp3) is 0.421. The average Bonchev–Trinajstić information content (AvgIpc) is 3.35. The second-order valence-electron chi connectivity index (χ2n) is 6.64. The zero-order chi connectivity index (χ0) is 18.7. The number of imidazole rings is 1. The van der Waals surface area contributed by atoms with Crippen molar-refractivity contribution >= 4 is 29.3 Å². The van der Waals surface area contributed by atoms with E-state index < -0.39 is 0 Å². The van der Waals surface area contributed by atoms with Crippen LogP contribution in [0.2, 0.25) is 0 Å². The second-order valence-corrected chi connectivity index (χ2v) is 7.95. The van der Waals surface area contributed by atoms with Gasteiger partial charge in [-0.25, -0.2) is 4.98 Å². The van der Waals surface area contributed by atoms with E-state index in [1.165, 1.54) is 24.6 Å². The highest BCUT2D eigenvalue weighted by Crippen LogP contribution is 2.38. The normalized spacial score (nSPS) is 14.7. The standard InChI is InChI=1S/C19H24N4O2S/c1-12-5-4-6-13(2)17(12)22-16(24)11-21-18(25)14(3)26-19-20-9-10-23(19)15-7-8-15/h4-6,9-10,14-15H,7-8,11H2,1-3H3,(H,21,25)(H,22,24). The third-order valence-electron chi connectivity index (χ3n) is 4.39. The van der Waals surface area contributed by atoms with Crippen LogP contribution in [0.3, 0.4) is 0 Å². The number of aryl methyl sites for hydroxylation is 2. The molecule has 7 heteroatoms. The smallest absolute Gasteiger partial charge is 0.243 e. The average molecular weight is 372 g/mol. The summed E-state index contributed by atoms with van der Waals surface area (Å²) in [7, 11) is 0. The van der Waals surface area contributed by atoms with Gasteiger partial charge in [-0.05, 0) is 44.7 Å². The van der Waals surface area contributed by atoms with Crippen LogP contribution < -0.4 is 10.6 Å². The van der Waals surface area contributed by atoms with Crippen molar-refractivity contribution in [2.75, 3.05) is 11.9 Å². The first-order chi connectivity index (χ1) is 12.5. The van der Waals surface area contributed by atoms with Gasteiger partial charge in [0, 0.05) is 24.1 Å². The minimum atomic E-state index is -0.317. The number of para-hydroxylation sites is 1. The molecule has 1 aliphatic rings. The molecule has 138 valence electrons. The molecule has 2 N–H and O–H groups in total. The molecule has 1 aromatic carbocycles. The lowest BCUT2D eigenvalue weighted by Gasteiger charge is -2.14. The Kier molecular flexibility index (Phi) is 5.66. The van der Waals surface area contributed by atoms with Crippen molar-refractivity contribution in [1.29, 1.82) is 0 Å². The maximum Gasteiger partial charge on any atom is 0.243 e. The first-order valence-corrected chi connectivity index (χ1v) is 9.67.